The molecule has 3 amide bonds. The van der Waals surface area contributed by atoms with E-state index in [1.165, 1.54) is 0 Å². The molecule has 242 valence electrons. The van der Waals surface area contributed by atoms with Gasteiger partial charge in [0.25, 0.3) is 5.91 Å². The number of amides is 3. The summed E-state index contributed by atoms with van der Waals surface area (Å²) in [6.07, 6.45) is -0.348. The van der Waals surface area contributed by atoms with E-state index in [4.69, 9.17) is 14.0 Å². The molecule has 11 heteroatoms. The van der Waals surface area contributed by atoms with E-state index in [-0.39, 0.29) is 30.3 Å². The van der Waals surface area contributed by atoms with E-state index >= 15 is 0 Å². The molecule has 1 aliphatic rings. The average Bonchev–Trinajstić information content (AvgIpc) is 3.36. The number of fused-ring (bicyclic) bond motifs is 1. The first-order valence-corrected chi connectivity index (χ1v) is 15.4. The van der Waals surface area contributed by atoms with Crippen LogP contribution in [0.25, 0.3) is 0 Å². The van der Waals surface area contributed by atoms with Crippen LogP contribution in [0, 0.1) is 19.8 Å². The number of urea groups is 1. The molecule has 0 fully saturated rings. The van der Waals surface area contributed by atoms with Crippen molar-refractivity contribution in [3.63, 3.8) is 0 Å². The van der Waals surface area contributed by atoms with Crippen LogP contribution in [0.2, 0.25) is 0 Å². The number of carbonyl (C=O) groups excluding carboxylic acids is 2. The van der Waals surface area contributed by atoms with Gasteiger partial charge < -0.3 is 34.6 Å². The molecule has 4 aromatic rings. The number of aliphatic hydroxyl groups excluding tert-OH is 1. The zero-order valence-electron chi connectivity index (χ0n) is 26.8. The van der Waals surface area contributed by atoms with E-state index in [2.05, 4.69) is 20.7 Å². The van der Waals surface area contributed by atoms with Gasteiger partial charge in [0.15, 0.2) is 11.5 Å². The maximum Gasteiger partial charge on any atom is 0.323 e. The predicted molar refractivity (Wildman–Crippen MR) is 176 cm³/mol. The first-order chi connectivity index (χ1) is 22.1. The molecule has 11 nitrogen and oxygen atoms in total. The maximum atomic E-state index is 13.8. The highest BCUT2D eigenvalue weighted by Crippen LogP contribution is 2.35. The van der Waals surface area contributed by atoms with E-state index in [1.54, 1.807) is 36.9 Å². The van der Waals surface area contributed by atoms with Gasteiger partial charge in [-0.25, -0.2) is 4.79 Å². The van der Waals surface area contributed by atoms with Crippen molar-refractivity contribution in [3.05, 3.63) is 95.4 Å². The average molecular weight is 628 g/mol. The van der Waals surface area contributed by atoms with Crippen molar-refractivity contribution in [2.75, 3.05) is 37.4 Å². The Kier molecular flexibility index (Phi) is 10.2. The van der Waals surface area contributed by atoms with Crippen LogP contribution >= 0.6 is 0 Å². The molecule has 46 heavy (non-hydrogen) atoms. The van der Waals surface area contributed by atoms with Crippen molar-refractivity contribution in [2.45, 2.75) is 46.4 Å². The van der Waals surface area contributed by atoms with Gasteiger partial charge in [-0.1, -0.05) is 48.5 Å². The van der Waals surface area contributed by atoms with Crippen LogP contribution in [0.5, 0.6) is 17.2 Å². The lowest BCUT2D eigenvalue weighted by Crippen LogP contribution is -2.49. The molecule has 5 rings (SSSR count). The number of aliphatic hydroxyl groups is 1. The standard InChI is InChI=1S/C35H41N5O6/c1-22-18-40(23(2)21-41)34(42)29-12-9-13-30(36-35(43)37-32-24(3)38-46-25(32)4)33(29)45-31(22)20-39(5)19-26-14-16-28(17-15-26)44-27-10-7-6-8-11-27/h6-17,22-23,31,41H,18-21H2,1-5H3,(H2,36,37,43)/t22-,23+,31+/m0/s1. The van der Waals surface area contributed by atoms with Crippen molar-refractivity contribution >= 4 is 23.3 Å². The number of likely N-dealkylation sites (N-methyl/N-ethyl adjacent to an activating group) is 1. The molecular weight excluding hydrogens is 586 g/mol. The number of benzene rings is 3. The number of hydrogen-bond donors (Lipinski definition) is 3. The lowest BCUT2D eigenvalue weighted by Gasteiger charge is -2.38. The molecule has 2 heterocycles. The lowest BCUT2D eigenvalue weighted by molar-refractivity contribution is 0.0343. The maximum absolute atomic E-state index is 13.8. The summed E-state index contributed by atoms with van der Waals surface area (Å²) in [6, 6.07) is 21.8. The van der Waals surface area contributed by atoms with Crippen LogP contribution in [-0.4, -0.2) is 70.9 Å². The third-order valence-electron chi connectivity index (χ3n) is 8.06. The molecule has 3 N–H and O–H groups in total. The fourth-order valence-electron chi connectivity index (χ4n) is 5.46. The van der Waals surface area contributed by atoms with E-state index < -0.39 is 12.1 Å². The quantitative estimate of drug-likeness (QED) is 0.193. The molecular formula is C35H41N5O6. The number of para-hydroxylation sites is 2. The second-order valence-corrected chi connectivity index (χ2v) is 11.8. The van der Waals surface area contributed by atoms with Gasteiger partial charge in [-0.05, 0) is 69.8 Å². The van der Waals surface area contributed by atoms with Gasteiger partial charge in [0.1, 0.15) is 29.0 Å². The monoisotopic (exact) mass is 627 g/mol. The zero-order valence-corrected chi connectivity index (χ0v) is 26.8. The first-order valence-electron chi connectivity index (χ1n) is 15.4. The van der Waals surface area contributed by atoms with Crippen molar-refractivity contribution < 1.29 is 28.7 Å². The molecule has 3 aromatic carbocycles. The highest BCUT2D eigenvalue weighted by molar-refractivity contribution is 6.04. The largest absolute Gasteiger partial charge is 0.486 e. The second kappa shape index (κ2) is 14.5. The molecule has 0 radical (unpaired) electrons. The van der Waals surface area contributed by atoms with Crippen molar-refractivity contribution in [1.29, 1.82) is 0 Å². The van der Waals surface area contributed by atoms with Crippen LogP contribution < -0.4 is 20.1 Å². The minimum Gasteiger partial charge on any atom is -0.486 e. The summed E-state index contributed by atoms with van der Waals surface area (Å²) in [5.74, 6) is 1.92. The molecule has 3 atom stereocenters. The highest BCUT2D eigenvalue weighted by Gasteiger charge is 2.34. The number of rotatable bonds is 10. The normalized spacial score (nSPS) is 17.0. The smallest absolute Gasteiger partial charge is 0.323 e. The summed E-state index contributed by atoms with van der Waals surface area (Å²) >= 11 is 0. The Bertz CT molecular complexity index is 1620. The minimum absolute atomic E-state index is 0.0978. The SMILES string of the molecule is Cc1noc(C)c1NC(=O)Nc1cccc2c1O[C@H](CN(C)Cc1ccc(Oc3ccccc3)cc1)[C@@H](C)CN([C@H](C)CO)C2=O. The van der Waals surface area contributed by atoms with Gasteiger partial charge in [-0.3, -0.25) is 9.69 Å². The number of carbonyl (C=O) groups is 2. The predicted octanol–water partition coefficient (Wildman–Crippen LogP) is 6.08. The van der Waals surface area contributed by atoms with E-state index in [0.29, 0.717) is 48.0 Å². The van der Waals surface area contributed by atoms with Crippen molar-refractivity contribution in [2.24, 2.45) is 5.92 Å². The van der Waals surface area contributed by atoms with Gasteiger partial charge in [-0.2, -0.15) is 0 Å². The summed E-state index contributed by atoms with van der Waals surface area (Å²) in [5.41, 5.74) is 2.78. The Morgan fingerprint density at radius 3 is 2.46 bits per heavy atom. The van der Waals surface area contributed by atoms with Crippen molar-refractivity contribution in [1.82, 2.24) is 15.0 Å². The topological polar surface area (TPSA) is 129 Å². The van der Waals surface area contributed by atoms with Crippen LogP contribution in [0.1, 0.15) is 41.2 Å². The molecule has 1 aliphatic heterocycles. The Morgan fingerprint density at radius 1 is 1.07 bits per heavy atom. The van der Waals surface area contributed by atoms with E-state index in [1.807, 2.05) is 75.5 Å². The lowest BCUT2D eigenvalue weighted by atomic mass is 9.99. The Labute approximate surface area is 269 Å². The van der Waals surface area contributed by atoms with Crippen LogP contribution in [0.3, 0.4) is 0 Å². The fourth-order valence-corrected chi connectivity index (χ4v) is 5.46. The number of anilines is 2. The van der Waals surface area contributed by atoms with Crippen LogP contribution in [0.4, 0.5) is 16.2 Å². The summed E-state index contributed by atoms with van der Waals surface area (Å²) in [4.78, 5) is 30.7. The molecule has 0 saturated carbocycles. The summed E-state index contributed by atoms with van der Waals surface area (Å²) in [6.45, 7) is 8.70. The van der Waals surface area contributed by atoms with Gasteiger partial charge in [0.2, 0.25) is 0 Å². The van der Waals surface area contributed by atoms with Crippen LogP contribution in [0.15, 0.2) is 77.3 Å². The number of nitrogens with one attached hydrogen (secondary N) is 2. The van der Waals surface area contributed by atoms with Gasteiger partial charge in [-0.15, -0.1) is 0 Å². The van der Waals surface area contributed by atoms with Gasteiger partial charge in [0, 0.05) is 25.6 Å². The van der Waals surface area contributed by atoms with Crippen molar-refractivity contribution in [3.8, 4) is 17.2 Å². The van der Waals surface area contributed by atoms with E-state index in [0.717, 1.165) is 17.1 Å². The molecule has 0 unspecified atom stereocenters. The molecule has 0 saturated heterocycles. The Balaban J connectivity index is 1.35. The second-order valence-electron chi connectivity index (χ2n) is 11.8. The van der Waals surface area contributed by atoms with Gasteiger partial charge >= 0.3 is 6.03 Å². The number of hydrogen-bond acceptors (Lipinski definition) is 8. The third kappa shape index (κ3) is 7.67. The summed E-state index contributed by atoms with van der Waals surface area (Å²) in [7, 11) is 2.02. The Morgan fingerprint density at radius 2 is 1.78 bits per heavy atom. The summed E-state index contributed by atoms with van der Waals surface area (Å²) < 4.78 is 17.7. The Hall–Kier alpha value is -4.87. The molecule has 1 aromatic heterocycles. The van der Waals surface area contributed by atoms with Gasteiger partial charge in [0.05, 0.1) is 23.9 Å². The number of nitrogens with zero attached hydrogens (tertiary/aromatic N) is 3. The molecule has 0 spiro atoms. The molecule has 0 aliphatic carbocycles. The zero-order chi connectivity index (χ0) is 32.8. The third-order valence-corrected chi connectivity index (χ3v) is 8.06. The number of aryl methyl sites for hydroxylation is 2. The minimum atomic E-state index is -0.525. The highest BCUT2D eigenvalue weighted by atomic mass is 16.5. The number of ether oxygens (including phenoxy) is 2. The van der Waals surface area contributed by atoms with E-state index in [9.17, 15) is 14.7 Å². The number of aromatic nitrogens is 1. The van der Waals surface area contributed by atoms with Crippen LogP contribution in [-0.2, 0) is 6.54 Å². The first kappa shape index (κ1) is 32.5. The summed E-state index contributed by atoms with van der Waals surface area (Å²) in [5, 5.41) is 19.5. The molecule has 0 bridgehead atoms. The fraction of sp³-hybridized carbons (Fsp3) is 0.343.